The van der Waals surface area contributed by atoms with Crippen molar-refractivity contribution < 1.29 is 23.7 Å². The summed E-state index contributed by atoms with van der Waals surface area (Å²) in [6.07, 6.45) is 0. The predicted octanol–water partition coefficient (Wildman–Crippen LogP) is 3.00. The average Bonchev–Trinajstić information content (AvgIpc) is 3.17. The molecule has 0 atom stereocenters. The van der Waals surface area contributed by atoms with Crippen LogP contribution in [0.25, 0.3) is 0 Å². The fourth-order valence-corrected chi connectivity index (χ4v) is 2.87. The molecule has 9 nitrogen and oxygen atoms in total. The molecule has 0 saturated heterocycles. The Balaban J connectivity index is 1.82. The molecule has 0 fully saturated rings. The number of ether oxygens (including phenoxy) is 1. The Labute approximate surface area is 176 Å². The summed E-state index contributed by atoms with van der Waals surface area (Å²) in [5.74, 6) is -1.52. The summed E-state index contributed by atoms with van der Waals surface area (Å²) in [5, 5.41) is 12.8. The molecular weight excluding hydrogens is 412 g/mol. The molecular formula is C20H17ClN4O5. The highest BCUT2D eigenvalue weighted by atomic mass is 35.5. The Kier molecular flexibility index (Phi) is 6.43. The smallest absolute Gasteiger partial charge is 0.337 e. The number of rotatable bonds is 6. The van der Waals surface area contributed by atoms with E-state index in [1.54, 1.807) is 43.3 Å². The molecule has 0 aliphatic heterocycles. The molecule has 0 unspecified atom stereocenters. The number of anilines is 1. The maximum Gasteiger partial charge on any atom is 0.337 e. The summed E-state index contributed by atoms with van der Waals surface area (Å²) in [6, 6.07) is 11.2. The molecule has 3 rings (SSSR count). The van der Waals surface area contributed by atoms with Crippen LogP contribution in [-0.4, -0.2) is 35.2 Å². The van der Waals surface area contributed by atoms with E-state index in [1.165, 1.54) is 13.2 Å². The van der Waals surface area contributed by atoms with Crippen molar-refractivity contribution in [2.75, 3.05) is 12.4 Å². The summed E-state index contributed by atoms with van der Waals surface area (Å²) in [7, 11) is 1.25. The van der Waals surface area contributed by atoms with E-state index < -0.39 is 17.8 Å². The Morgan fingerprint density at radius 1 is 1.10 bits per heavy atom. The van der Waals surface area contributed by atoms with Gasteiger partial charge < -0.3 is 15.4 Å². The number of esters is 1. The first-order valence-electron chi connectivity index (χ1n) is 8.74. The molecule has 10 heteroatoms. The van der Waals surface area contributed by atoms with Crippen LogP contribution in [-0.2, 0) is 11.3 Å². The average molecular weight is 429 g/mol. The number of nitrogens with zero attached hydrogens (tertiary/aromatic N) is 2. The fraction of sp³-hybridized carbons (Fsp3) is 0.150. The largest absolute Gasteiger partial charge is 0.465 e. The second-order valence-electron chi connectivity index (χ2n) is 6.23. The van der Waals surface area contributed by atoms with Crippen molar-refractivity contribution in [3.63, 3.8) is 0 Å². The summed E-state index contributed by atoms with van der Waals surface area (Å²) in [5.41, 5.74) is 1.79. The Bertz CT molecular complexity index is 1110. The van der Waals surface area contributed by atoms with E-state index in [1.807, 2.05) is 0 Å². The number of halogens is 1. The number of hydrogen-bond acceptors (Lipinski definition) is 7. The molecule has 0 aliphatic rings. The number of carbonyl (C=O) groups is 3. The molecule has 2 amide bonds. The number of methoxy groups -OCH3 is 1. The van der Waals surface area contributed by atoms with Crippen molar-refractivity contribution in [2.45, 2.75) is 13.5 Å². The number of amides is 2. The molecule has 3 aromatic rings. The van der Waals surface area contributed by atoms with E-state index in [0.717, 1.165) is 0 Å². The van der Waals surface area contributed by atoms with Gasteiger partial charge in [0.05, 0.1) is 23.3 Å². The highest BCUT2D eigenvalue weighted by Gasteiger charge is 2.16. The number of carbonyl (C=O) groups excluding carboxylic acids is 3. The number of hydrogen-bond donors (Lipinski definition) is 2. The van der Waals surface area contributed by atoms with E-state index in [2.05, 4.69) is 25.6 Å². The second-order valence-corrected chi connectivity index (χ2v) is 6.63. The van der Waals surface area contributed by atoms with Crippen molar-refractivity contribution >= 4 is 35.1 Å². The molecule has 0 bridgehead atoms. The molecule has 2 aromatic carbocycles. The highest BCUT2D eigenvalue weighted by Crippen LogP contribution is 2.20. The van der Waals surface area contributed by atoms with Gasteiger partial charge in [-0.2, -0.15) is 0 Å². The molecule has 1 heterocycles. The van der Waals surface area contributed by atoms with Crippen LogP contribution in [0, 0.1) is 6.92 Å². The third-order valence-corrected chi connectivity index (χ3v) is 4.44. The van der Waals surface area contributed by atoms with Gasteiger partial charge in [-0.25, -0.2) is 9.42 Å². The maximum atomic E-state index is 12.5. The van der Waals surface area contributed by atoms with Gasteiger partial charge in [0.15, 0.2) is 5.69 Å². The van der Waals surface area contributed by atoms with Crippen LogP contribution < -0.4 is 10.6 Å². The molecule has 0 radical (unpaired) electrons. The van der Waals surface area contributed by atoms with Crippen molar-refractivity contribution in [3.05, 3.63) is 75.6 Å². The summed E-state index contributed by atoms with van der Waals surface area (Å²) >= 11 is 6.07. The predicted molar refractivity (Wildman–Crippen MR) is 107 cm³/mol. The molecule has 0 saturated carbocycles. The standard InChI is InChI=1S/C20H17ClN4O5/c1-11-17(25-30-24-11)19(27)22-10-12-7-13(20(28)29-2)9-14(8-12)23-18(26)15-5-3-4-6-16(15)21/h3-9H,10H2,1-2H3,(H,22,27)(H,23,26). The molecule has 154 valence electrons. The van der Waals surface area contributed by atoms with Gasteiger partial charge in [-0.05, 0) is 48.0 Å². The van der Waals surface area contributed by atoms with Crippen LogP contribution in [0.2, 0.25) is 5.02 Å². The second kappa shape index (κ2) is 9.19. The van der Waals surface area contributed by atoms with E-state index >= 15 is 0 Å². The summed E-state index contributed by atoms with van der Waals surface area (Å²) in [6.45, 7) is 1.65. The lowest BCUT2D eigenvalue weighted by Crippen LogP contribution is -2.24. The van der Waals surface area contributed by atoms with Crippen LogP contribution in [0.3, 0.4) is 0 Å². The SMILES string of the molecule is COC(=O)c1cc(CNC(=O)c2nonc2C)cc(NC(=O)c2ccccc2Cl)c1. The van der Waals surface area contributed by atoms with Crippen molar-refractivity contribution in [3.8, 4) is 0 Å². The van der Waals surface area contributed by atoms with Crippen LogP contribution in [0.1, 0.15) is 42.5 Å². The van der Waals surface area contributed by atoms with Crippen molar-refractivity contribution in [2.24, 2.45) is 0 Å². The monoisotopic (exact) mass is 428 g/mol. The molecule has 0 aliphatic carbocycles. The highest BCUT2D eigenvalue weighted by molar-refractivity contribution is 6.34. The number of nitrogens with one attached hydrogen (secondary N) is 2. The first kappa shape index (κ1) is 21.0. The van der Waals surface area contributed by atoms with Crippen LogP contribution >= 0.6 is 11.6 Å². The quantitative estimate of drug-likeness (QED) is 0.578. The minimum atomic E-state index is -0.590. The lowest BCUT2D eigenvalue weighted by atomic mass is 10.1. The van der Waals surface area contributed by atoms with E-state index in [0.29, 0.717) is 22.0 Å². The molecule has 0 spiro atoms. The van der Waals surface area contributed by atoms with Crippen molar-refractivity contribution in [1.29, 1.82) is 0 Å². The maximum absolute atomic E-state index is 12.5. The summed E-state index contributed by atoms with van der Waals surface area (Å²) < 4.78 is 9.28. The topological polar surface area (TPSA) is 123 Å². The van der Waals surface area contributed by atoms with Crippen LogP contribution in [0.5, 0.6) is 0 Å². The summed E-state index contributed by atoms with van der Waals surface area (Å²) in [4.78, 5) is 36.8. The van der Waals surface area contributed by atoms with Gasteiger partial charge in [0.2, 0.25) is 0 Å². The fourth-order valence-electron chi connectivity index (χ4n) is 2.65. The Morgan fingerprint density at radius 3 is 2.53 bits per heavy atom. The Hall–Kier alpha value is -3.72. The lowest BCUT2D eigenvalue weighted by molar-refractivity contribution is 0.0600. The normalized spacial score (nSPS) is 10.4. The third-order valence-electron chi connectivity index (χ3n) is 4.11. The number of aryl methyl sites for hydroxylation is 1. The van der Waals surface area contributed by atoms with Crippen LogP contribution in [0.15, 0.2) is 47.1 Å². The third kappa shape index (κ3) is 4.81. The number of benzene rings is 2. The van der Waals surface area contributed by atoms with E-state index in [9.17, 15) is 14.4 Å². The van der Waals surface area contributed by atoms with E-state index in [-0.39, 0.29) is 23.4 Å². The van der Waals surface area contributed by atoms with Gasteiger partial charge in [0, 0.05) is 12.2 Å². The van der Waals surface area contributed by atoms with Gasteiger partial charge in [0.25, 0.3) is 11.8 Å². The zero-order valence-corrected chi connectivity index (χ0v) is 16.8. The first-order chi connectivity index (χ1) is 14.4. The molecule has 30 heavy (non-hydrogen) atoms. The minimum absolute atomic E-state index is 0.0604. The zero-order valence-electron chi connectivity index (χ0n) is 16.1. The van der Waals surface area contributed by atoms with Crippen LogP contribution in [0.4, 0.5) is 5.69 Å². The molecule has 1 aromatic heterocycles. The van der Waals surface area contributed by atoms with Gasteiger partial charge in [-0.1, -0.05) is 28.9 Å². The number of aromatic nitrogens is 2. The first-order valence-corrected chi connectivity index (χ1v) is 9.12. The zero-order chi connectivity index (χ0) is 21.7. The van der Waals surface area contributed by atoms with Gasteiger partial charge in [0.1, 0.15) is 5.69 Å². The molecule has 2 N–H and O–H groups in total. The van der Waals surface area contributed by atoms with Gasteiger partial charge in [-0.15, -0.1) is 0 Å². The van der Waals surface area contributed by atoms with Gasteiger partial charge >= 0.3 is 5.97 Å². The Morgan fingerprint density at radius 2 is 1.87 bits per heavy atom. The lowest BCUT2D eigenvalue weighted by Gasteiger charge is -2.11. The van der Waals surface area contributed by atoms with E-state index in [4.69, 9.17) is 16.3 Å². The van der Waals surface area contributed by atoms with Crippen molar-refractivity contribution in [1.82, 2.24) is 15.6 Å². The van der Waals surface area contributed by atoms with Gasteiger partial charge in [-0.3, -0.25) is 9.59 Å². The minimum Gasteiger partial charge on any atom is -0.465 e.